The Morgan fingerprint density at radius 2 is 1.62 bits per heavy atom. The summed E-state index contributed by atoms with van der Waals surface area (Å²) in [7, 11) is 2.00. The first kappa shape index (κ1) is 20.7. The van der Waals surface area contributed by atoms with Crippen molar-refractivity contribution in [3.05, 3.63) is 12.4 Å². The highest BCUT2D eigenvalue weighted by Gasteiger charge is 2.26. The molecule has 7 nitrogen and oxygen atoms in total. The molecule has 0 N–H and O–H groups in total. The molecule has 160 valence electrons. The molecule has 4 rings (SSSR count). The molecule has 0 aromatic carbocycles. The molecule has 0 unspecified atom stereocenters. The van der Waals surface area contributed by atoms with Crippen molar-refractivity contribution in [3.8, 4) is 0 Å². The van der Waals surface area contributed by atoms with E-state index in [0.29, 0.717) is 12.6 Å². The number of carbonyl (C=O) groups is 1. The van der Waals surface area contributed by atoms with Crippen molar-refractivity contribution >= 4 is 29.3 Å². The van der Waals surface area contributed by atoms with Gasteiger partial charge >= 0.3 is 0 Å². The lowest BCUT2D eigenvalue weighted by Gasteiger charge is -2.37. The average Bonchev–Trinajstić information content (AvgIpc) is 2.80. The van der Waals surface area contributed by atoms with Crippen LogP contribution in [0.2, 0.25) is 0 Å². The Balaban J connectivity index is 1.27. The molecule has 0 bridgehead atoms. The molecule has 1 saturated carbocycles. The lowest BCUT2D eigenvalue weighted by atomic mass is 9.94. The van der Waals surface area contributed by atoms with Gasteiger partial charge in [0.15, 0.2) is 0 Å². The first-order chi connectivity index (χ1) is 14.2. The van der Waals surface area contributed by atoms with E-state index in [1.54, 1.807) is 6.33 Å². The van der Waals surface area contributed by atoms with Gasteiger partial charge in [0.2, 0.25) is 5.91 Å². The molecule has 8 heteroatoms. The van der Waals surface area contributed by atoms with Crippen molar-refractivity contribution in [2.24, 2.45) is 0 Å². The van der Waals surface area contributed by atoms with E-state index >= 15 is 0 Å². The monoisotopic (exact) mass is 418 g/mol. The van der Waals surface area contributed by atoms with Gasteiger partial charge in [-0.2, -0.15) is 11.8 Å². The summed E-state index contributed by atoms with van der Waals surface area (Å²) in [5, 5.41) is 0. The smallest absolute Gasteiger partial charge is 0.236 e. The van der Waals surface area contributed by atoms with Gasteiger partial charge in [0.25, 0.3) is 0 Å². The Morgan fingerprint density at radius 1 is 1.00 bits per heavy atom. The van der Waals surface area contributed by atoms with Gasteiger partial charge in [-0.3, -0.25) is 9.69 Å². The standard InChI is InChI=1S/C21H34N6OS/c1-24(18-5-3-2-4-6-18)21(28)16-25-7-9-26(10-8-25)19-15-20(23-17-22-19)27-11-13-29-14-12-27/h15,17-18H,2-14,16H2,1H3. The highest BCUT2D eigenvalue weighted by atomic mass is 32.2. The van der Waals surface area contributed by atoms with Gasteiger partial charge in [-0.1, -0.05) is 19.3 Å². The SMILES string of the molecule is CN(C(=O)CN1CCN(c2cc(N3CCSCC3)ncn2)CC1)C1CCCCC1. The van der Waals surface area contributed by atoms with Gasteiger partial charge in [-0.25, -0.2) is 9.97 Å². The molecule has 2 saturated heterocycles. The maximum Gasteiger partial charge on any atom is 0.236 e. The molecule has 1 aliphatic carbocycles. The summed E-state index contributed by atoms with van der Waals surface area (Å²) in [6.45, 7) is 6.30. The van der Waals surface area contributed by atoms with Crippen molar-refractivity contribution in [3.63, 3.8) is 0 Å². The second-order valence-electron chi connectivity index (χ2n) is 8.39. The number of nitrogens with zero attached hydrogens (tertiary/aromatic N) is 6. The zero-order chi connectivity index (χ0) is 20.1. The highest BCUT2D eigenvalue weighted by molar-refractivity contribution is 7.99. The van der Waals surface area contributed by atoms with Crippen LogP contribution in [0.4, 0.5) is 11.6 Å². The molecule has 1 aromatic rings. The topological polar surface area (TPSA) is 55.8 Å². The van der Waals surface area contributed by atoms with Crippen LogP contribution in [0, 0.1) is 0 Å². The van der Waals surface area contributed by atoms with Gasteiger partial charge in [0.05, 0.1) is 6.54 Å². The summed E-state index contributed by atoms with van der Waals surface area (Å²) in [5.41, 5.74) is 0. The first-order valence-electron chi connectivity index (χ1n) is 11.1. The van der Waals surface area contributed by atoms with E-state index in [0.717, 1.165) is 50.9 Å². The van der Waals surface area contributed by atoms with E-state index in [9.17, 15) is 4.79 Å². The lowest BCUT2D eigenvalue weighted by molar-refractivity contribution is -0.133. The summed E-state index contributed by atoms with van der Waals surface area (Å²) < 4.78 is 0. The highest BCUT2D eigenvalue weighted by Crippen LogP contribution is 2.23. The van der Waals surface area contributed by atoms with Crippen LogP contribution in [-0.4, -0.2) is 96.1 Å². The van der Waals surface area contributed by atoms with Gasteiger partial charge in [0.1, 0.15) is 18.0 Å². The summed E-state index contributed by atoms with van der Waals surface area (Å²) in [4.78, 5) is 30.7. The van der Waals surface area contributed by atoms with E-state index in [1.807, 2.05) is 23.7 Å². The van der Waals surface area contributed by atoms with Crippen LogP contribution in [0.15, 0.2) is 12.4 Å². The Morgan fingerprint density at radius 3 is 2.28 bits per heavy atom. The Hall–Kier alpha value is -1.54. The molecular weight excluding hydrogens is 384 g/mol. The maximum atomic E-state index is 12.7. The molecule has 1 aromatic heterocycles. The Bertz CT molecular complexity index is 669. The predicted molar refractivity (Wildman–Crippen MR) is 120 cm³/mol. The number of amides is 1. The van der Waals surface area contributed by atoms with Crippen molar-refractivity contribution in [2.75, 3.05) is 74.2 Å². The van der Waals surface area contributed by atoms with Crippen LogP contribution in [0.3, 0.4) is 0 Å². The first-order valence-corrected chi connectivity index (χ1v) is 12.2. The summed E-state index contributed by atoms with van der Waals surface area (Å²) >= 11 is 2.01. The number of piperazine rings is 1. The molecule has 0 atom stereocenters. The van der Waals surface area contributed by atoms with E-state index in [4.69, 9.17) is 0 Å². The average molecular weight is 419 g/mol. The minimum absolute atomic E-state index is 0.276. The van der Waals surface area contributed by atoms with E-state index in [-0.39, 0.29) is 5.91 Å². The minimum atomic E-state index is 0.276. The Kier molecular flexibility index (Phi) is 7.13. The van der Waals surface area contributed by atoms with E-state index < -0.39 is 0 Å². The summed E-state index contributed by atoms with van der Waals surface area (Å²) in [6, 6.07) is 2.58. The van der Waals surface area contributed by atoms with Gasteiger partial charge in [0, 0.05) is 69.9 Å². The summed E-state index contributed by atoms with van der Waals surface area (Å²) in [6.07, 6.45) is 7.88. The second kappa shape index (κ2) is 9.98. The molecule has 1 amide bonds. The molecule has 3 heterocycles. The minimum Gasteiger partial charge on any atom is -0.355 e. The molecule has 0 radical (unpaired) electrons. The fraction of sp³-hybridized carbons (Fsp3) is 0.762. The number of rotatable bonds is 5. The molecular formula is C21H34N6OS. The van der Waals surface area contributed by atoms with Crippen molar-refractivity contribution in [2.45, 2.75) is 38.1 Å². The van der Waals surface area contributed by atoms with Crippen LogP contribution >= 0.6 is 11.8 Å². The number of anilines is 2. The molecule has 29 heavy (non-hydrogen) atoms. The van der Waals surface area contributed by atoms with E-state index in [2.05, 4.69) is 30.7 Å². The van der Waals surface area contributed by atoms with Crippen LogP contribution in [0.5, 0.6) is 0 Å². The zero-order valence-electron chi connectivity index (χ0n) is 17.6. The number of carbonyl (C=O) groups excluding carboxylic acids is 1. The third-order valence-electron chi connectivity index (χ3n) is 6.54. The predicted octanol–water partition coefficient (Wildman–Crippen LogP) is 1.94. The van der Waals surface area contributed by atoms with Crippen molar-refractivity contribution in [1.82, 2.24) is 19.8 Å². The normalized spacial score (nSPS) is 22.0. The lowest BCUT2D eigenvalue weighted by Crippen LogP contribution is -2.51. The quantitative estimate of drug-likeness (QED) is 0.724. The maximum absolute atomic E-state index is 12.7. The molecule has 3 fully saturated rings. The number of hydrogen-bond donors (Lipinski definition) is 0. The molecule has 2 aliphatic heterocycles. The number of likely N-dealkylation sites (N-methyl/N-ethyl adjacent to an activating group) is 1. The van der Waals surface area contributed by atoms with Crippen LogP contribution in [0.1, 0.15) is 32.1 Å². The van der Waals surface area contributed by atoms with Gasteiger partial charge in [-0.05, 0) is 12.8 Å². The van der Waals surface area contributed by atoms with E-state index in [1.165, 1.54) is 43.6 Å². The number of thioether (sulfide) groups is 1. The van der Waals surface area contributed by atoms with Crippen LogP contribution < -0.4 is 9.80 Å². The van der Waals surface area contributed by atoms with Crippen LogP contribution in [0.25, 0.3) is 0 Å². The van der Waals surface area contributed by atoms with Gasteiger partial charge < -0.3 is 14.7 Å². The van der Waals surface area contributed by atoms with Gasteiger partial charge in [-0.15, -0.1) is 0 Å². The van der Waals surface area contributed by atoms with Crippen molar-refractivity contribution in [1.29, 1.82) is 0 Å². The summed E-state index contributed by atoms with van der Waals surface area (Å²) in [5.74, 6) is 4.67. The Labute approximate surface area is 178 Å². The van der Waals surface area contributed by atoms with Crippen molar-refractivity contribution < 1.29 is 4.79 Å². The number of hydrogen-bond acceptors (Lipinski definition) is 7. The van der Waals surface area contributed by atoms with Crippen LogP contribution in [-0.2, 0) is 4.79 Å². The number of aromatic nitrogens is 2. The molecule has 0 spiro atoms. The third-order valence-corrected chi connectivity index (χ3v) is 7.49. The zero-order valence-corrected chi connectivity index (χ0v) is 18.4. The largest absolute Gasteiger partial charge is 0.355 e. The fourth-order valence-corrected chi connectivity index (χ4v) is 5.49. The molecule has 3 aliphatic rings. The third kappa shape index (κ3) is 5.34. The second-order valence-corrected chi connectivity index (χ2v) is 9.62. The fourth-order valence-electron chi connectivity index (χ4n) is 4.59.